The molecule has 4 aromatic carbocycles. The molecule has 13 heteroatoms. The van der Waals surface area contributed by atoms with Crippen LogP contribution in [0.15, 0.2) is 109 Å². The van der Waals surface area contributed by atoms with Crippen molar-refractivity contribution in [3.63, 3.8) is 0 Å². The predicted octanol–water partition coefficient (Wildman–Crippen LogP) is 11.8. The average Bonchev–Trinajstić information content (AvgIpc) is 3.87. The highest BCUT2D eigenvalue weighted by molar-refractivity contribution is 7.18. The molecule has 0 saturated carbocycles. The van der Waals surface area contributed by atoms with Crippen LogP contribution in [0.3, 0.4) is 0 Å². The van der Waals surface area contributed by atoms with E-state index in [4.69, 9.17) is 46.9 Å². The Morgan fingerprint density at radius 3 is 1.46 bits per heavy atom. The number of carbonyl (C=O) groups excluding carboxylic acids is 4. The van der Waals surface area contributed by atoms with Gasteiger partial charge in [-0.25, -0.2) is 0 Å². The van der Waals surface area contributed by atoms with Crippen molar-refractivity contribution in [2.45, 2.75) is 52.2 Å². The summed E-state index contributed by atoms with van der Waals surface area (Å²) < 4.78 is 26.4. The third-order valence-electron chi connectivity index (χ3n) is 8.98. The first-order valence-corrected chi connectivity index (χ1v) is 21.6. The highest BCUT2D eigenvalue weighted by atomic mass is 35.5. The van der Waals surface area contributed by atoms with E-state index < -0.39 is 11.9 Å². The summed E-state index contributed by atoms with van der Waals surface area (Å²) in [6.45, 7) is 7.36. The van der Waals surface area contributed by atoms with E-state index >= 15 is 0 Å². The Morgan fingerprint density at radius 1 is 0.574 bits per heavy atom. The van der Waals surface area contributed by atoms with E-state index in [2.05, 4.69) is 0 Å². The topological polar surface area (TPSA) is 114 Å². The van der Waals surface area contributed by atoms with Gasteiger partial charge in [-0.15, -0.1) is 22.7 Å². The first-order chi connectivity index (χ1) is 29.2. The number of methoxy groups -OCH3 is 3. The van der Waals surface area contributed by atoms with Crippen LogP contribution in [0.4, 0.5) is 0 Å². The van der Waals surface area contributed by atoms with Gasteiger partial charge in [0.2, 0.25) is 11.6 Å². The predicted molar refractivity (Wildman–Crippen MR) is 243 cm³/mol. The van der Waals surface area contributed by atoms with Crippen molar-refractivity contribution in [3.05, 3.63) is 151 Å². The highest BCUT2D eigenvalue weighted by Crippen LogP contribution is 2.40. The van der Waals surface area contributed by atoms with Crippen LogP contribution in [-0.4, -0.2) is 63.6 Å². The molecular formula is C48H46Cl2O9S2. The summed E-state index contributed by atoms with van der Waals surface area (Å²) in [6, 6.07) is 32.1. The molecule has 1 atom stereocenters. The SMILES string of the molecule is COCC(C(=O)OC(C)C)c1cc(C(=O)c2ccc(OC)cc2)sc1-c1ccc(Cl)cc1.COc1ccc(C(=O)c2cc(CC(=O)OC(C)C)c(-c3ccc(Cl)cc3)s2)cc1. The van der Waals surface area contributed by atoms with Gasteiger partial charge < -0.3 is 23.7 Å². The lowest BCUT2D eigenvalue weighted by atomic mass is 9.96. The lowest BCUT2D eigenvalue weighted by molar-refractivity contribution is -0.150. The molecule has 0 aliphatic rings. The second-order valence-electron chi connectivity index (χ2n) is 14.2. The van der Waals surface area contributed by atoms with Crippen LogP contribution in [0.1, 0.15) is 75.2 Å². The molecule has 2 aromatic heterocycles. The van der Waals surface area contributed by atoms with Crippen molar-refractivity contribution in [3.8, 4) is 32.4 Å². The van der Waals surface area contributed by atoms with E-state index in [1.54, 1.807) is 113 Å². The van der Waals surface area contributed by atoms with Gasteiger partial charge in [-0.2, -0.15) is 0 Å². The molecule has 0 fully saturated rings. The summed E-state index contributed by atoms with van der Waals surface area (Å²) in [5.41, 5.74) is 4.32. The molecule has 0 aliphatic heterocycles. The van der Waals surface area contributed by atoms with E-state index in [0.29, 0.717) is 48.0 Å². The molecule has 318 valence electrons. The van der Waals surface area contributed by atoms with E-state index in [1.165, 1.54) is 29.8 Å². The normalized spacial score (nSPS) is 11.4. The van der Waals surface area contributed by atoms with Crippen LogP contribution >= 0.6 is 45.9 Å². The third kappa shape index (κ3) is 12.6. The molecule has 0 N–H and O–H groups in total. The summed E-state index contributed by atoms with van der Waals surface area (Å²) in [4.78, 5) is 54.1. The van der Waals surface area contributed by atoms with Crippen molar-refractivity contribution in [2.75, 3.05) is 27.9 Å². The Kier molecular flexibility index (Phi) is 16.9. The molecule has 0 spiro atoms. The number of ketones is 2. The summed E-state index contributed by atoms with van der Waals surface area (Å²) in [5, 5.41) is 1.23. The second-order valence-corrected chi connectivity index (χ2v) is 17.2. The van der Waals surface area contributed by atoms with Gasteiger partial charge in [-0.3, -0.25) is 19.2 Å². The molecule has 2 heterocycles. The van der Waals surface area contributed by atoms with Crippen LogP contribution in [-0.2, 0) is 30.2 Å². The Labute approximate surface area is 374 Å². The number of halogens is 2. The molecule has 9 nitrogen and oxygen atoms in total. The Morgan fingerprint density at radius 2 is 1.02 bits per heavy atom. The largest absolute Gasteiger partial charge is 0.497 e. The van der Waals surface area contributed by atoms with Gasteiger partial charge in [-0.1, -0.05) is 47.5 Å². The van der Waals surface area contributed by atoms with Crippen molar-refractivity contribution < 1.29 is 42.9 Å². The van der Waals surface area contributed by atoms with Gasteiger partial charge >= 0.3 is 11.9 Å². The van der Waals surface area contributed by atoms with E-state index in [1.807, 2.05) is 38.1 Å². The van der Waals surface area contributed by atoms with Crippen LogP contribution in [0.25, 0.3) is 20.9 Å². The molecular weight excluding hydrogens is 856 g/mol. The number of thiophene rings is 2. The summed E-state index contributed by atoms with van der Waals surface area (Å²) >= 11 is 14.8. The number of carbonyl (C=O) groups is 4. The number of hydrogen-bond donors (Lipinski definition) is 0. The van der Waals surface area contributed by atoms with Gasteiger partial charge in [0, 0.05) is 38.0 Å². The lowest BCUT2D eigenvalue weighted by Gasteiger charge is -2.18. The zero-order chi connectivity index (χ0) is 44.2. The summed E-state index contributed by atoms with van der Waals surface area (Å²) in [6.07, 6.45) is -0.358. The minimum absolute atomic E-state index is 0.0997. The minimum atomic E-state index is -0.665. The second kappa shape index (κ2) is 22.0. The van der Waals surface area contributed by atoms with E-state index in [-0.39, 0.29) is 42.8 Å². The Hall–Kier alpha value is -5.30. The van der Waals surface area contributed by atoms with Crippen LogP contribution < -0.4 is 9.47 Å². The van der Waals surface area contributed by atoms with Crippen molar-refractivity contribution in [2.24, 2.45) is 0 Å². The molecule has 0 saturated heterocycles. The lowest BCUT2D eigenvalue weighted by Crippen LogP contribution is -2.23. The van der Waals surface area contributed by atoms with Gasteiger partial charge in [-0.05, 0) is 135 Å². The van der Waals surface area contributed by atoms with Crippen molar-refractivity contribution in [1.29, 1.82) is 0 Å². The van der Waals surface area contributed by atoms with E-state index in [9.17, 15) is 19.2 Å². The minimum Gasteiger partial charge on any atom is -0.497 e. The maximum Gasteiger partial charge on any atom is 0.316 e. The zero-order valence-electron chi connectivity index (χ0n) is 34.8. The number of esters is 2. The zero-order valence-corrected chi connectivity index (χ0v) is 37.9. The van der Waals surface area contributed by atoms with Crippen LogP contribution in [0.5, 0.6) is 11.5 Å². The van der Waals surface area contributed by atoms with Crippen molar-refractivity contribution >= 4 is 69.4 Å². The monoisotopic (exact) mass is 900 g/mol. The van der Waals surface area contributed by atoms with Crippen LogP contribution in [0.2, 0.25) is 10.0 Å². The maximum absolute atomic E-state index is 13.2. The molecule has 6 aromatic rings. The molecule has 1 unspecified atom stereocenters. The Balaban J connectivity index is 0.000000232. The molecule has 0 aliphatic carbocycles. The average molecular weight is 902 g/mol. The molecule has 0 radical (unpaired) electrons. The van der Waals surface area contributed by atoms with Crippen LogP contribution in [0, 0.1) is 0 Å². The Bertz CT molecular complexity index is 2420. The fraction of sp³-hybridized carbons (Fsp3) is 0.250. The van der Waals surface area contributed by atoms with Gasteiger partial charge in [0.1, 0.15) is 17.4 Å². The highest BCUT2D eigenvalue weighted by Gasteiger charge is 2.30. The number of benzene rings is 4. The first-order valence-electron chi connectivity index (χ1n) is 19.3. The maximum atomic E-state index is 13.2. The molecule has 0 bridgehead atoms. The first kappa shape index (κ1) is 46.8. The third-order valence-corrected chi connectivity index (χ3v) is 11.9. The van der Waals surface area contributed by atoms with Crippen molar-refractivity contribution in [1.82, 2.24) is 0 Å². The standard InChI is InChI=1S/C25H25ClO5S.C23H21ClO4S/c1-15(2)31-25(28)21(14-29-3)20-13-22(23(27)16-7-11-19(30-4)12-8-16)32-24(20)17-5-9-18(26)10-6-17;1-14(2)28-21(25)13-17-12-20(22(26)15-6-10-19(27-3)11-7-15)29-23(17)16-4-8-18(24)9-5-16/h5-13,15,21H,14H2,1-4H3;4-12,14H,13H2,1-3H3. The number of hydrogen-bond acceptors (Lipinski definition) is 11. The summed E-state index contributed by atoms with van der Waals surface area (Å²) in [5.74, 6) is -0.251. The van der Waals surface area contributed by atoms with Gasteiger partial charge in [0.25, 0.3) is 0 Å². The molecule has 6 rings (SSSR count). The quantitative estimate of drug-likeness (QED) is 0.0692. The smallest absolute Gasteiger partial charge is 0.316 e. The number of rotatable bonds is 16. The number of ether oxygens (including phenoxy) is 5. The molecule has 0 amide bonds. The fourth-order valence-corrected chi connectivity index (χ4v) is 8.70. The van der Waals surface area contributed by atoms with E-state index in [0.717, 1.165) is 26.4 Å². The molecule has 61 heavy (non-hydrogen) atoms. The fourth-order valence-electron chi connectivity index (χ4n) is 6.12. The van der Waals surface area contributed by atoms with Gasteiger partial charge in [0.15, 0.2) is 0 Å². The van der Waals surface area contributed by atoms with Gasteiger partial charge in [0.05, 0.1) is 49.2 Å². The summed E-state index contributed by atoms with van der Waals surface area (Å²) in [7, 11) is 4.69.